The van der Waals surface area contributed by atoms with Crippen molar-refractivity contribution in [3.63, 3.8) is 0 Å². The molecular weight excluding hydrogens is 193 g/mol. The van der Waals surface area contributed by atoms with E-state index in [0.717, 1.165) is 18.4 Å². The Bertz CT molecular complexity index is 328. The SMILES string of the molecule is NC1CCC(O)(c2ccc(F)cc2)CC1. The summed E-state index contributed by atoms with van der Waals surface area (Å²) in [4.78, 5) is 0. The fourth-order valence-corrected chi connectivity index (χ4v) is 2.17. The summed E-state index contributed by atoms with van der Waals surface area (Å²) in [6, 6.07) is 6.30. The molecule has 0 unspecified atom stereocenters. The zero-order chi connectivity index (χ0) is 10.9. The van der Waals surface area contributed by atoms with E-state index in [1.807, 2.05) is 0 Å². The van der Waals surface area contributed by atoms with Crippen LogP contribution in [0.4, 0.5) is 4.39 Å². The van der Waals surface area contributed by atoms with Gasteiger partial charge in [-0.1, -0.05) is 12.1 Å². The summed E-state index contributed by atoms with van der Waals surface area (Å²) in [6.07, 6.45) is 2.99. The van der Waals surface area contributed by atoms with Crippen LogP contribution in [0.2, 0.25) is 0 Å². The quantitative estimate of drug-likeness (QED) is 0.742. The molecule has 0 atom stereocenters. The Morgan fingerprint density at radius 1 is 1.20 bits per heavy atom. The molecule has 3 N–H and O–H groups in total. The van der Waals surface area contributed by atoms with E-state index in [0.29, 0.717) is 12.8 Å². The van der Waals surface area contributed by atoms with Crippen molar-refractivity contribution in [3.05, 3.63) is 35.6 Å². The lowest BCUT2D eigenvalue weighted by Crippen LogP contribution is -2.36. The monoisotopic (exact) mass is 209 g/mol. The second-order valence-corrected chi connectivity index (χ2v) is 4.38. The standard InChI is InChI=1S/C12H16FNO/c13-10-3-1-9(2-4-10)12(15)7-5-11(14)6-8-12/h1-4,11,15H,5-8,14H2. The number of hydrogen-bond acceptors (Lipinski definition) is 2. The summed E-state index contributed by atoms with van der Waals surface area (Å²) in [5.74, 6) is -0.269. The molecule has 0 amide bonds. The van der Waals surface area contributed by atoms with Gasteiger partial charge in [-0.05, 0) is 43.4 Å². The largest absolute Gasteiger partial charge is 0.385 e. The first-order chi connectivity index (χ1) is 7.10. The number of benzene rings is 1. The average Bonchev–Trinajstić information content (AvgIpc) is 2.24. The molecule has 1 saturated carbocycles. The summed E-state index contributed by atoms with van der Waals surface area (Å²) in [5, 5.41) is 10.4. The highest BCUT2D eigenvalue weighted by Crippen LogP contribution is 2.36. The lowest BCUT2D eigenvalue weighted by molar-refractivity contribution is -0.00500. The van der Waals surface area contributed by atoms with Crippen molar-refractivity contribution in [2.75, 3.05) is 0 Å². The lowest BCUT2D eigenvalue weighted by atomic mass is 9.78. The Kier molecular flexibility index (Phi) is 2.76. The molecule has 0 spiro atoms. The Hall–Kier alpha value is -0.930. The Morgan fingerprint density at radius 2 is 1.73 bits per heavy atom. The molecular formula is C12H16FNO. The number of aliphatic hydroxyl groups is 1. The lowest BCUT2D eigenvalue weighted by Gasteiger charge is -2.35. The molecule has 0 bridgehead atoms. The second kappa shape index (κ2) is 3.91. The molecule has 1 aliphatic rings. The van der Waals surface area contributed by atoms with Crippen LogP contribution in [0, 0.1) is 5.82 Å². The van der Waals surface area contributed by atoms with Gasteiger partial charge in [0.2, 0.25) is 0 Å². The van der Waals surface area contributed by atoms with Crippen molar-refractivity contribution in [3.8, 4) is 0 Å². The highest BCUT2D eigenvalue weighted by atomic mass is 19.1. The molecule has 0 heterocycles. The normalized spacial score (nSPS) is 31.5. The molecule has 15 heavy (non-hydrogen) atoms. The van der Waals surface area contributed by atoms with Gasteiger partial charge in [0.15, 0.2) is 0 Å². The third-order valence-corrected chi connectivity index (χ3v) is 3.24. The van der Waals surface area contributed by atoms with E-state index in [-0.39, 0.29) is 11.9 Å². The maximum Gasteiger partial charge on any atom is 0.123 e. The first-order valence-electron chi connectivity index (χ1n) is 5.34. The minimum absolute atomic E-state index is 0.200. The van der Waals surface area contributed by atoms with E-state index in [9.17, 15) is 9.50 Å². The van der Waals surface area contributed by atoms with Crippen LogP contribution >= 0.6 is 0 Å². The fourth-order valence-electron chi connectivity index (χ4n) is 2.17. The second-order valence-electron chi connectivity index (χ2n) is 4.38. The molecule has 2 rings (SSSR count). The first-order valence-corrected chi connectivity index (χ1v) is 5.34. The van der Waals surface area contributed by atoms with E-state index >= 15 is 0 Å². The molecule has 0 aromatic heterocycles. The van der Waals surface area contributed by atoms with Crippen LogP contribution in [0.25, 0.3) is 0 Å². The van der Waals surface area contributed by atoms with Crippen LogP contribution in [-0.4, -0.2) is 11.1 Å². The minimum atomic E-state index is -0.802. The average molecular weight is 209 g/mol. The van der Waals surface area contributed by atoms with E-state index in [4.69, 9.17) is 5.73 Å². The van der Waals surface area contributed by atoms with Crippen molar-refractivity contribution in [2.24, 2.45) is 5.73 Å². The molecule has 82 valence electrons. The van der Waals surface area contributed by atoms with Gasteiger partial charge < -0.3 is 10.8 Å². The summed E-state index contributed by atoms with van der Waals surface area (Å²) in [6.45, 7) is 0. The Balaban J connectivity index is 2.18. The van der Waals surface area contributed by atoms with E-state index in [2.05, 4.69) is 0 Å². The maximum atomic E-state index is 12.7. The van der Waals surface area contributed by atoms with Gasteiger partial charge in [0.05, 0.1) is 5.60 Å². The predicted molar refractivity (Wildman–Crippen MR) is 56.7 cm³/mol. The molecule has 2 nitrogen and oxygen atoms in total. The Labute approximate surface area is 88.9 Å². The van der Waals surface area contributed by atoms with Gasteiger partial charge in [0.1, 0.15) is 5.82 Å². The highest BCUT2D eigenvalue weighted by Gasteiger charge is 2.33. The number of rotatable bonds is 1. The smallest absolute Gasteiger partial charge is 0.123 e. The third-order valence-electron chi connectivity index (χ3n) is 3.24. The van der Waals surface area contributed by atoms with Crippen LogP contribution in [0.15, 0.2) is 24.3 Å². The van der Waals surface area contributed by atoms with Gasteiger partial charge >= 0.3 is 0 Å². The van der Waals surface area contributed by atoms with Crippen LogP contribution in [0.1, 0.15) is 31.2 Å². The van der Waals surface area contributed by atoms with Crippen molar-refractivity contribution >= 4 is 0 Å². The summed E-state index contributed by atoms with van der Waals surface area (Å²) >= 11 is 0. The van der Waals surface area contributed by atoms with Crippen LogP contribution in [0.5, 0.6) is 0 Å². The van der Waals surface area contributed by atoms with Crippen molar-refractivity contribution in [2.45, 2.75) is 37.3 Å². The predicted octanol–water partition coefficient (Wildman–Crippen LogP) is 1.91. The maximum absolute atomic E-state index is 12.7. The first kappa shape index (κ1) is 10.6. The van der Waals surface area contributed by atoms with Crippen molar-refractivity contribution < 1.29 is 9.50 Å². The molecule has 0 radical (unpaired) electrons. The molecule has 0 saturated heterocycles. The van der Waals surface area contributed by atoms with Gasteiger partial charge in [-0.3, -0.25) is 0 Å². The van der Waals surface area contributed by atoms with Gasteiger partial charge in [-0.2, -0.15) is 0 Å². The molecule has 1 fully saturated rings. The molecule has 1 aromatic carbocycles. The third kappa shape index (κ3) is 2.19. The Morgan fingerprint density at radius 3 is 2.27 bits per heavy atom. The van der Waals surface area contributed by atoms with Gasteiger partial charge in [-0.25, -0.2) is 4.39 Å². The summed E-state index contributed by atoms with van der Waals surface area (Å²) < 4.78 is 12.7. The number of hydrogen-bond donors (Lipinski definition) is 2. The van der Waals surface area contributed by atoms with Crippen LogP contribution in [-0.2, 0) is 5.60 Å². The topological polar surface area (TPSA) is 46.2 Å². The highest BCUT2D eigenvalue weighted by molar-refractivity contribution is 5.23. The number of halogens is 1. The number of nitrogens with two attached hydrogens (primary N) is 1. The fraction of sp³-hybridized carbons (Fsp3) is 0.500. The van der Waals surface area contributed by atoms with E-state index < -0.39 is 5.60 Å². The van der Waals surface area contributed by atoms with Crippen LogP contribution < -0.4 is 5.73 Å². The van der Waals surface area contributed by atoms with E-state index in [1.54, 1.807) is 12.1 Å². The molecule has 0 aliphatic heterocycles. The van der Waals surface area contributed by atoms with Crippen molar-refractivity contribution in [1.82, 2.24) is 0 Å². The zero-order valence-electron chi connectivity index (χ0n) is 8.62. The van der Waals surface area contributed by atoms with Gasteiger partial charge in [0.25, 0.3) is 0 Å². The van der Waals surface area contributed by atoms with Crippen LogP contribution in [0.3, 0.4) is 0 Å². The molecule has 1 aromatic rings. The minimum Gasteiger partial charge on any atom is -0.385 e. The van der Waals surface area contributed by atoms with Gasteiger partial charge in [-0.15, -0.1) is 0 Å². The summed E-state index contributed by atoms with van der Waals surface area (Å²) in [7, 11) is 0. The van der Waals surface area contributed by atoms with Gasteiger partial charge in [0, 0.05) is 6.04 Å². The van der Waals surface area contributed by atoms with Crippen molar-refractivity contribution in [1.29, 1.82) is 0 Å². The molecule has 1 aliphatic carbocycles. The zero-order valence-corrected chi connectivity index (χ0v) is 8.62. The summed E-state index contributed by atoms with van der Waals surface area (Å²) in [5.41, 5.74) is 5.79. The van der Waals surface area contributed by atoms with E-state index in [1.165, 1.54) is 12.1 Å². The molecule has 3 heteroatoms.